The van der Waals surface area contributed by atoms with Gasteiger partial charge in [-0.15, -0.1) is 0 Å². The molecule has 5 heteroatoms. The van der Waals surface area contributed by atoms with Crippen molar-refractivity contribution in [2.75, 3.05) is 26.3 Å². The molecule has 0 bridgehead atoms. The molecular weight excluding hydrogens is 328 g/mol. The number of quaternary nitrogens is 1. The minimum Gasteiger partial charge on any atom is -0.457 e. The SMILES string of the molecule is Cc1[nH]c2ccc(Oc3ccccc3)cc2c(=O)c1C[NH+]1CCOCC1. The van der Waals surface area contributed by atoms with E-state index in [1.165, 1.54) is 4.90 Å². The molecule has 1 aliphatic rings. The molecule has 0 amide bonds. The van der Waals surface area contributed by atoms with Crippen LogP contribution < -0.4 is 15.1 Å². The fourth-order valence-electron chi connectivity index (χ4n) is 3.42. The summed E-state index contributed by atoms with van der Waals surface area (Å²) < 4.78 is 11.3. The Kier molecular flexibility index (Phi) is 4.73. The lowest BCUT2D eigenvalue weighted by molar-refractivity contribution is -0.921. The van der Waals surface area contributed by atoms with E-state index in [1.807, 2.05) is 55.5 Å². The maximum atomic E-state index is 13.1. The number of benzene rings is 2. The van der Waals surface area contributed by atoms with Gasteiger partial charge in [-0.05, 0) is 37.3 Å². The Bertz CT molecular complexity index is 960. The molecule has 0 unspecified atom stereocenters. The Hall–Kier alpha value is -2.63. The molecule has 1 aromatic heterocycles. The molecule has 5 nitrogen and oxygen atoms in total. The number of H-pyrrole nitrogens is 1. The number of aromatic nitrogens is 1. The van der Waals surface area contributed by atoms with Crippen LogP contribution in [0.3, 0.4) is 0 Å². The Morgan fingerprint density at radius 2 is 1.85 bits per heavy atom. The van der Waals surface area contributed by atoms with Crippen molar-refractivity contribution < 1.29 is 14.4 Å². The number of aromatic amines is 1. The second-order valence-electron chi connectivity index (χ2n) is 6.72. The van der Waals surface area contributed by atoms with Crippen molar-refractivity contribution in [1.82, 2.24) is 4.98 Å². The minimum absolute atomic E-state index is 0.0914. The van der Waals surface area contributed by atoms with Crippen LogP contribution in [0.5, 0.6) is 11.5 Å². The third kappa shape index (κ3) is 3.49. The molecule has 1 fully saturated rings. The Morgan fingerprint density at radius 1 is 1.08 bits per heavy atom. The number of hydrogen-bond acceptors (Lipinski definition) is 3. The van der Waals surface area contributed by atoms with Crippen LogP contribution in [0.2, 0.25) is 0 Å². The molecule has 0 atom stereocenters. The molecular formula is C21H23N2O3+. The van der Waals surface area contributed by atoms with E-state index in [-0.39, 0.29) is 5.43 Å². The number of rotatable bonds is 4. The van der Waals surface area contributed by atoms with Gasteiger partial charge < -0.3 is 19.4 Å². The lowest BCUT2D eigenvalue weighted by Crippen LogP contribution is -3.13. The number of para-hydroxylation sites is 1. The van der Waals surface area contributed by atoms with Crippen molar-refractivity contribution in [3.8, 4) is 11.5 Å². The average molecular weight is 351 g/mol. The van der Waals surface area contributed by atoms with Gasteiger partial charge in [0.05, 0.1) is 18.8 Å². The van der Waals surface area contributed by atoms with Gasteiger partial charge in [-0.2, -0.15) is 0 Å². The highest BCUT2D eigenvalue weighted by molar-refractivity contribution is 5.81. The maximum Gasteiger partial charge on any atom is 0.198 e. The summed E-state index contributed by atoms with van der Waals surface area (Å²) in [6.45, 7) is 6.10. The summed E-state index contributed by atoms with van der Waals surface area (Å²) >= 11 is 0. The predicted molar refractivity (Wildman–Crippen MR) is 101 cm³/mol. The molecule has 2 heterocycles. The Balaban J connectivity index is 1.68. The highest BCUT2D eigenvalue weighted by atomic mass is 16.5. The van der Waals surface area contributed by atoms with Crippen molar-refractivity contribution in [3.05, 3.63) is 70.0 Å². The van der Waals surface area contributed by atoms with E-state index < -0.39 is 0 Å². The number of hydrogen-bond donors (Lipinski definition) is 2. The standard InChI is InChI=1S/C21H22N2O3/c1-15-19(14-23-9-11-25-12-10-23)21(24)18-13-17(7-8-20(18)22-15)26-16-5-3-2-4-6-16/h2-8,13H,9-12,14H2,1H3,(H,22,24)/p+1. The lowest BCUT2D eigenvalue weighted by Gasteiger charge is -2.24. The average Bonchev–Trinajstić information content (AvgIpc) is 2.67. The highest BCUT2D eigenvalue weighted by Crippen LogP contribution is 2.24. The lowest BCUT2D eigenvalue weighted by atomic mass is 10.1. The summed E-state index contributed by atoms with van der Waals surface area (Å²) in [6.07, 6.45) is 0. The predicted octanol–water partition coefficient (Wildman–Crippen LogP) is 2.04. The van der Waals surface area contributed by atoms with Crippen LogP contribution in [0.25, 0.3) is 10.9 Å². The molecule has 0 saturated carbocycles. The summed E-state index contributed by atoms with van der Waals surface area (Å²) in [7, 11) is 0. The molecule has 2 aromatic carbocycles. The Labute approximate surface area is 152 Å². The van der Waals surface area contributed by atoms with Gasteiger partial charge in [-0.1, -0.05) is 18.2 Å². The number of fused-ring (bicyclic) bond motifs is 1. The van der Waals surface area contributed by atoms with E-state index in [9.17, 15) is 4.79 Å². The zero-order valence-electron chi connectivity index (χ0n) is 14.9. The number of pyridine rings is 1. The maximum absolute atomic E-state index is 13.1. The highest BCUT2D eigenvalue weighted by Gasteiger charge is 2.19. The van der Waals surface area contributed by atoms with Crippen molar-refractivity contribution in [2.24, 2.45) is 0 Å². The van der Waals surface area contributed by atoms with Gasteiger partial charge in [0.25, 0.3) is 0 Å². The summed E-state index contributed by atoms with van der Waals surface area (Å²) in [5.74, 6) is 1.43. The van der Waals surface area contributed by atoms with Crippen molar-refractivity contribution in [1.29, 1.82) is 0 Å². The van der Waals surface area contributed by atoms with Crippen LogP contribution in [0, 0.1) is 6.92 Å². The van der Waals surface area contributed by atoms with Crippen molar-refractivity contribution >= 4 is 10.9 Å². The van der Waals surface area contributed by atoms with Crippen LogP contribution in [0.1, 0.15) is 11.3 Å². The van der Waals surface area contributed by atoms with Crippen molar-refractivity contribution in [2.45, 2.75) is 13.5 Å². The normalized spacial score (nSPS) is 15.3. The van der Waals surface area contributed by atoms with Gasteiger partial charge in [-0.3, -0.25) is 4.79 Å². The first-order valence-electron chi connectivity index (χ1n) is 9.00. The van der Waals surface area contributed by atoms with E-state index in [4.69, 9.17) is 9.47 Å². The van der Waals surface area contributed by atoms with Crippen LogP contribution in [0.15, 0.2) is 53.3 Å². The molecule has 3 aromatic rings. The van der Waals surface area contributed by atoms with E-state index in [0.717, 1.165) is 55.4 Å². The number of nitrogens with one attached hydrogen (secondary N) is 2. The molecule has 0 aliphatic carbocycles. The molecule has 2 N–H and O–H groups in total. The molecule has 1 aliphatic heterocycles. The summed E-state index contributed by atoms with van der Waals surface area (Å²) in [4.78, 5) is 17.9. The fraction of sp³-hybridized carbons (Fsp3) is 0.286. The van der Waals surface area contributed by atoms with Gasteiger partial charge in [0, 0.05) is 16.6 Å². The molecule has 1 saturated heterocycles. The zero-order chi connectivity index (χ0) is 17.9. The van der Waals surface area contributed by atoms with Crippen LogP contribution in [-0.4, -0.2) is 31.3 Å². The van der Waals surface area contributed by atoms with Crippen molar-refractivity contribution in [3.63, 3.8) is 0 Å². The molecule has 26 heavy (non-hydrogen) atoms. The smallest absolute Gasteiger partial charge is 0.198 e. The van der Waals surface area contributed by atoms with Gasteiger partial charge in [0.15, 0.2) is 5.43 Å². The minimum atomic E-state index is 0.0914. The monoisotopic (exact) mass is 351 g/mol. The molecule has 0 radical (unpaired) electrons. The number of ether oxygens (including phenoxy) is 2. The van der Waals surface area contributed by atoms with E-state index in [2.05, 4.69) is 4.98 Å². The quantitative estimate of drug-likeness (QED) is 0.756. The first-order valence-corrected chi connectivity index (χ1v) is 9.00. The summed E-state index contributed by atoms with van der Waals surface area (Å²) in [5.41, 5.74) is 2.73. The topological polar surface area (TPSA) is 55.8 Å². The fourth-order valence-corrected chi connectivity index (χ4v) is 3.42. The van der Waals surface area contributed by atoms with Crippen LogP contribution >= 0.6 is 0 Å². The number of aryl methyl sites for hydroxylation is 1. The van der Waals surface area contributed by atoms with Crippen LogP contribution in [-0.2, 0) is 11.3 Å². The third-order valence-corrected chi connectivity index (χ3v) is 4.89. The largest absolute Gasteiger partial charge is 0.457 e. The van der Waals surface area contributed by atoms with Crippen LogP contribution in [0.4, 0.5) is 0 Å². The summed E-state index contributed by atoms with van der Waals surface area (Å²) in [6, 6.07) is 15.2. The zero-order valence-corrected chi connectivity index (χ0v) is 14.9. The second-order valence-corrected chi connectivity index (χ2v) is 6.72. The van der Waals surface area contributed by atoms with Gasteiger partial charge >= 0.3 is 0 Å². The first-order chi connectivity index (χ1) is 12.7. The number of morpholine rings is 1. The van der Waals surface area contributed by atoms with E-state index in [1.54, 1.807) is 0 Å². The van der Waals surface area contributed by atoms with E-state index in [0.29, 0.717) is 11.1 Å². The van der Waals surface area contributed by atoms with Gasteiger partial charge in [0.2, 0.25) is 0 Å². The second kappa shape index (κ2) is 7.32. The Morgan fingerprint density at radius 3 is 2.62 bits per heavy atom. The van der Waals surface area contributed by atoms with Gasteiger partial charge in [-0.25, -0.2) is 0 Å². The summed E-state index contributed by atoms with van der Waals surface area (Å²) in [5, 5.41) is 0.673. The first kappa shape index (κ1) is 16.8. The van der Waals surface area contributed by atoms with Gasteiger partial charge in [0.1, 0.15) is 31.1 Å². The molecule has 0 spiro atoms. The third-order valence-electron chi connectivity index (χ3n) is 4.89. The molecule has 134 valence electrons. The molecule has 4 rings (SSSR count). The van der Waals surface area contributed by atoms with E-state index >= 15 is 0 Å².